The van der Waals surface area contributed by atoms with Gasteiger partial charge in [0.2, 0.25) is 0 Å². The molecule has 0 aromatic heterocycles. The SMILES string of the molecule is CN(C)C(=O)c1cccc(Nc2c(NCC3CCOCC3)c(=O)c2=O)c1O. The lowest BCUT2D eigenvalue weighted by molar-refractivity contribution is 0.0699. The lowest BCUT2D eigenvalue weighted by Crippen LogP contribution is -2.38. The number of anilines is 3. The zero-order valence-electron chi connectivity index (χ0n) is 15.4. The summed E-state index contributed by atoms with van der Waals surface area (Å²) in [7, 11) is 3.16. The van der Waals surface area contributed by atoms with Crippen molar-refractivity contribution in [2.75, 3.05) is 44.5 Å². The van der Waals surface area contributed by atoms with Crippen molar-refractivity contribution in [1.82, 2.24) is 4.90 Å². The summed E-state index contributed by atoms with van der Waals surface area (Å²) in [6.07, 6.45) is 1.81. The van der Waals surface area contributed by atoms with E-state index in [9.17, 15) is 19.5 Å². The third kappa shape index (κ3) is 3.80. The highest BCUT2D eigenvalue weighted by atomic mass is 16.5. The number of carbonyl (C=O) groups is 1. The van der Waals surface area contributed by atoms with Crippen molar-refractivity contribution < 1.29 is 14.6 Å². The van der Waals surface area contributed by atoms with Crippen LogP contribution in [-0.4, -0.2) is 49.8 Å². The maximum Gasteiger partial charge on any atom is 0.257 e. The normalized spacial score (nSPS) is 14.9. The number of nitrogens with zero attached hydrogens (tertiary/aromatic N) is 1. The van der Waals surface area contributed by atoms with Crippen LogP contribution in [0.5, 0.6) is 5.75 Å². The highest BCUT2D eigenvalue weighted by Crippen LogP contribution is 2.32. The van der Waals surface area contributed by atoms with Gasteiger partial charge in [-0.3, -0.25) is 14.4 Å². The van der Waals surface area contributed by atoms with Crippen molar-refractivity contribution in [3.63, 3.8) is 0 Å². The smallest absolute Gasteiger partial charge is 0.257 e. The van der Waals surface area contributed by atoms with E-state index in [0.29, 0.717) is 25.7 Å². The molecule has 1 heterocycles. The van der Waals surface area contributed by atoms with Crippen LogP contribution in [0.4, 0.5) is 17.1 Å². The summed E-state index contributed by atoms with van der Waals surface area (Å²) in [4.78, 5) is 37.4. The highest BCUT2D eigenvalue weighted by Gasteiger charge is 2.24. The highest BCUT2D eigenvalue weighted by molar-refractivity contribution is 5.99. The molecule has 3 N–H and O–H groups in total. The van der Waals surface area contributed by atoms with Crippen LogP contribution < -0.4 is 21.5 Å². The van der Waals surface area contributed by atoms with E-state index in [1.54, 1.807) is 26.2 Å². The molecule has 0 atom stereocenters. The molecule has 27 heavy (non-hydrogen) atoms. The summed E-state index contributed by atoms with van der Waals surface area (Å²) >= 11 is 0. The molecule has 0 aliphatic carbocycles. The number of phenols is 1. The summed E-state index contributed by atoms with van der Waals surface area (Å²) in [5, 5.41) is 16.2. The van der Waals surface area contributed by atoms with Crippen molar-refractivity contribution in [1.29, 1.82) is 0 Å². The minimum absolute atomic E-state index is 0.108. The Morgan fingerprint density at radius 1 is 1.19 bits per heavy atom. The molecule has 8 nitrogen and oxygen atoms in total. The minimum Gasteiger partial charge on any atom is -0.505 e. The van der Waals surface area contributed by atoms with Crippen molar-refractivity contribution in [3.05, 3.63) is 44.2 Å². The Morgan fingerprint density at radius 3 is 2.52 bits per heavy atom. The Kier molecular flexibility index (Phi) is 5.46. The van der Waals surface area contributed by atoms with E-state index < -0.39 is 10.9 Å². The molecule has 1 saturated heterocycles. The molecule has 2 aromatic rings. The monoisotopic (exact) mass is 373 g/mol. The number of phenolic OH excluding ortho intramolecular Hbond substituents is 1. The molecule has 144 valence electrons. The number of aromatic hydroxyl groups is 1. The molecule has 1 amide bonds. The zero-order chi connectivity index (χ0) is 19.6. The van der Waals surface area contributed by atoms with Gasteiger partial charge in [0, 0.05) is 33.9 Å². The quantitative estimate of drug-likeness (QED) is 0.517. The van der Waals surface area contributed by atoms with Crippen molar-refractivity contribution in [2.45, 2.75) is 12.8 Å². The van der Waals surface area contributed by atoms with Crippen LogP contribution in [0.15, 0.2) is 27.8 Å². The van der Waals surface area contributed by atoms with E-state index in [1.807, 2.05) is 0 Å². The lowest BCUT2D eigenvalue weighted by Gasteiger charge is -2.24. The fraction of sp³-hybridized carbons (Fsp3) is 0.421. The van der Waals surface area contributed by atoms with Gasteiger partial charge in [-0.05, 0) is 30.9 Å². The molecule has 0 bridgehead atoms. The second kappa shape index (κ2) is 7.79. The number of hydrogen-bond acceptors (Lipinski definition) is 7. The van der Waals surface area contributed by atoms with E-state index in [0.717, 1.165) is 12.8 Å². The van der Waals surface area contributed by atoms with Crippen LogP contribution in [0.1, 0.15) is 23.2 Å². The zero-order valence-corrected chi connectivity index (χ0v) is 15.4. The number of ether oxygens (including phenoxy) is 1. The number of amides is 1. The number of nitrogens with one attached hydrogen (secondary N) is 2. The molecule has 1 aliphatic heterocycles. The molecular weight excluding hydrogens is 350 g/mol. The Labute approximate surface area is 156 Å². The molecule has 1 aliphatic rings. The van der Waals surface area contributed by atoms with Gasteiger partial charge in [0.15, 0.2) is 5.75 Å². The van der Waals surface area contributed by atoms with Crippen LogP contribution >= 0.6 is 0 Å². The van der Waals surface area contributed by atoms with Crippen LogP contribution in [0.3, 0.4) is 0 Å². The van der Waals surface area contributed by atoms with Crippen molar-refractivity contribution in [2.24, 2.45) is 5.92 Å². The maximum atomic E-state index is 12.1. The van der Waals surface area contributed by atoms with E-state index in [1.165, 1.54) is 11.0 Å². The topological polar surface area (TPSA) is 108 Å². The minimum atomic E-state index is -0.645. The Balaban J connectivity index is 1.78. The first-order chi connectivity index (χ1) is 12.9. The average Bonchev–Trinajstić information content (AvgIpc) is 2.68. The predicted octanol–water partition coefficient (Wildman–Crippen LogP) is 1.27. The van der Waals surface area contributed by atoms with Crippen molar-refractivity contribution >= 4 is 23.0 Å². The second-order valence-electron chi connectivity index (χ2n) is 6.87. The van der Waals surface area contributed by atoms with Gasteiger partial charge in [0.05, 0.1) is 11.3 Å². The molecule has 0 saturated carbocycles. The number of benzene rings is 1. The Bertz CT molecular complexity index is 909. The van der Waals surface area contributed by atoms with E-state index in [4.69, 9.17) is 4.74 Å². The molecule has 0 unspecified atom stereocenters. The fourth-order valence-electron chi connectivity index (χ4n) is 3.07. The van der Waals surface area contributed by atoms with Gasteiger partial charge in [-0.15, -0.1) is 0 Å². The van der Waals surface area contributed by atoms with Crippen LogP contribution in [0.25, 0.3) is 0 Å². The van der Waals surface area contributed by atoms with Gasteiger partial charge in [-0.2, -0.15) is 0 Å². The van der Waals surface area contributed by atoms with Gasteiger partial charge in [-0.25, -0.2) is 0 Å². The number of para-hydroxylation sites is 1. The molecular formula is C19H23N3O5. The summed E-state index contributed by atoms with van der Waals surface area (Å²) in [6, 6.07) is 4.63. The molecule has 0 radical (unpaired) electrons. The summed E-state index contributed by atoms with van der Waals surface area (Å²) in [5.74, 6) is -0.246. The first kappa shape index (κ1) is 18.9. The molecule has 8 heteroatoms. The third-order valence-corrected chi connectivity index (χ3v) is 4.75. The molecule has 0 spiro atoms. The molecule has 3 rings (SSSR count). The Morgan fingerprint density at radius 2 is 1.85 bits per heavy atom. The molecule has 2 aromatic carbocycles. The standard InChI is InChI=1S/C19H23N3O5/c1-22(2)19(26)12-4-3-5-13(16(12)23)21-15-14(17(24)18(15)25)20-10-11-6-8-27-9-7-11/h3-5,11,20-21,23H,6-10H2,1-2H3. The first-order valence-electron chi connectivity index (χ1n) is 8.85. The third-order valence-electron chi connectivity index (χ3n) is 4.75. The largest absolute Gasteiger partial charge is 0.505 e. The van der Waals surface area contributed by atoms with Crippen molar-refractivity contribution in [3.8, 4) is 5.75 Å². The Hall–Kier alpha value is -2.87. The molecule has 1 fully saturated rings. The maximum absolute atomic E-state index is 12.1. The van der Waals surface area contributed by atoms with E-state index in [-0.39, 0.29) is 34.3 Å². The fourth-order valence-corrected chi connectivity index (χ4v) is 3.07. The first-order valence-corrected chi connectivity index (χ1v) is 8.85. The van der Waals surface area contributed by atoms with Crippen LogP contribution in [0, 0.1) is 5.92 Å². The summed E-state index contributed by atoms with van der Waals surface area (Å²) in [5.41, 5.74) is -0.589. The van der Waals surface area contributed by atoms with E-state index in [2.05, 4.69) is 10.6 Å². The average molecular weight is 373 g/mol. The number of hydrogen-bond donors (Lipinski definition) is 3. The lowest BCUT2D eigenvalue weighted by atomic mass is 10.00. The second-order valence-corrected chi connectivity index (χ2v) is 6.87. The summed E-state index contributed by atoms with van der Waals surface area (Å²) in [6.45, 7) is 1.97. The van der Waals surface area contributed by atoms with Gasteiger partial charge in [-0.1, -0.05) is 6.07 Å². The summed E-state index contributed by atoms with van der Waals surface area (Å²) < 4.78 is 5.31. The van der Waals surface area contributed by atoms with Gasteiger partial charge in [0.25, 0.3) is 16.8 Å². The number of rotatable bonds is 6. The van der Waals surface area contributed by atoms with Gasteiger partial charge >= 0.3 is 0 Å². The van der Waals surface area contributed by atoms with Crippen LogP contribution in [0.2, 0.25) is 0 Å². The van der Waals surface area contributed by atoms with E-state index >= 15 is 0 Å². The predicted molar refractivity (Wildman–Crippen MR) is 103 cm³/mol. The van der Waals surface area contributed by atoms with Gasteiger partial charge in [0.1, 0.15) is 11.4 Å². The van der Waals surface area contributed by atoms with Crippen LogP contribution in [-0.2, 0) is 4.74 Å². The van der Waals surface area contributed by atoms with Gasteiger partial charge < -0.3 is 25.4 Å². The number of carbonyl (C=O) groups excluding carboxylic acids is 1.